The molecule has 1 aliphatic heterocycles. The lowest BCUT2D eigenvalue weighted by molar-refractivity contribution is -0.139. The number of anilines is 1. The van der Waals surface area contributed by atoms with Gasteiger partial charge in [-0.3, -0.25) is 4.79 Å². The number of morpholine rings is 1. The van der Waals surface area contributed by atoms with Gasteiger partial charge in [-0.2, -0.15) is 0 Å². The molecule has 0 radical (unpaired) electrons. The van der Waals surface area contributed by atoms with E-state index >= 15 is 0 Å². The topological polar surface area (TPSA) is 67.8 Å². The van der Waals surface area contributed by atoms with Gasteiger partial charge in [0.05, 0.1) is 18.3 Å². The van der Waals surface area contributed by atoms with Crippen molar-refractivity contribution >= 4 is 11.7 Å². The van der Waals surface area contributed by atoms with Gasteiger partial charge in [-0.1, -0.05) is 0 Å². The Bertz CT molecular complexity index is 631. The monoisotopic (exact) mass is 350 g/mol. The summed E-state index contributed by atoms with van der Waals surface area (Å²) in [5, 5.41) is 0. The maximum Gasteiger partial charge on any atom is 0.248 e. The van der Waals surface area contributed by atoms with Crippen LogP contribution in [-0.4, -0.2) is 72.9 Å². The first-order chi connectivity index (χ1) is 11.6. The SMILES string of the molecule is Cc1nc(C)c(C)c(N2C[C@H](COCC(=O)N(C)C)OC(C)(C)C2)n1. The fourth-order valence-corrected chi connectivity index (χ4v) is 3.01. The molecule has 1 aromatic rings. The molecule has 1 saturated heterocycles. The van der Waals surface area contributed by atoms with Crippen LogP contribution in [-0.2, 0) is 14.3 Å². The number of amides is 1. The van der Waals surface area contributed by atoms with Crippen LogP contribution in [0.5, 0.6) is 0 Å². The van der Waals surface area contributed by atoms with Gasteiger partial charge in [0.25, 0.3) is 0 Å². The predicted molar refractivity (Wildman–Crippen MR) is 96.9 cm³/mol. The molecule has 1 fully saturated rings. The zero-order valence-corrected chi connectivity index (χ0v) is 16.4. The average Bonchev–Trinajstić information content (AvgIpc) is 2.49. The van der Waals surface area contributed by atoms with E-state index in [-0.39, 0.29) is 24.2 Å². The second-order valence-corrected chi connectivity index (χ2v) is 7.49. The Morgan fingerprint density at radius 2 is 2.00 bits per heavy atom. The number of aryl methyl sites for hydroxylation is 2. The number of rotatable bonds is 5. The van der Waals surface area contributed by atoms with Crippen LogP contribution >= 0.6 is 0 Å². The third-order valence-corrected chi connectivity index (χ3v) is 4.28. The van der Waals surface area contributed by atoms with Crippen molar-refractivity contribution in [3.05, 3.63) is 17.1 Å². The van der Waals surface area contributed by atoms with Gasteiger partial charge in [0.1, 0.15) is 18.2 Å². The van der Waals surface area contributed by atoms with E-state index in [0.29, 0.717) is 13.2 Å². The van der Waals surface area contributed by atoms with Crippen LogP contribution in [0.15, 0.2) is 0 Å². The Labute approximate surface area is 150 Å². The van der Waals surface area contributed by atoms with Gasteiger partial charge in [0.15, 0.2) is 0 Å². The zero-order valence-electron chi connectivity index (χ0n) is 16.4. The van der Waals surface area contributed by atoms with Crippen LogP contribution in [0.3, 0.4) is 0 Å². The van der Waals surface area contributed by atoms with E-state index in [0.717, 1.165) is 29.4 Å². The minimum Gasteiger partial charge on any atom is -0.369 e. The largest absolute Gasteiger partial charge is 0.369 e. The van der Waals surface area contributed by atoms with Crippen molar-refractivity contribution in [2.75, 3.05) is 45.3 Å². The van der Waals surface area contributed by atoms with Gasteiger partial charge in [-0.25, -0.2) is 9.97 Å². The predicted octanol–water partition coefficient (Wildman–Crippen LogP) is 1.49. The summed E-state index contributed by atoms with van der Waals surface area (Å²) in [6.07, 6.45) is -0.117. The quantitative estimate of drug-likeness (QED) is 0.801. The van der Waals surface area contributed by atoms with Crippen molar-refractivity contribution in [1.82, 2.24) is 14.9 Å². The first-order valence-corrected chi connectivity index (χ1v) is 8.61. The molecule has 0 bridgehead atoms. The van der Waals surface area contributed by atoms with Gasteiger partial charge in [-0.05, 0) is 34.6 Å². The van der Waals surface area contributed by atoms with Crippen LogP contribution in [0.1, 0.15) is 30.9 Å². The van der Waals surface area contributed by atoms with E-state index in [9.17, 15) is 4.79 Å². The maximum absolute atomic E-state index is 11.7. The number of hydrogen-bond donors (Lipinski definition) is 0. The average molecular weight is 350 g/mol. The highest BCUT2D eigenvalue weighted by Crippen LogP contribution is 2.28. The summed E-state index contributed by atoms with van der Waals surface area (Å²) < 4.78 is 11.7. The van der Waals surface area contributed by atoms with E-state index in [1.165, 1.54) is 4.90 Å². The van der Waals surface area contributed by atoms with Crippen LogP contribution in [0, 0.1) is 20.8 Å². The Hall–Kier alpha value is -1.73. The lowest BCUT2D eigenvalue weighted by Crippen LogP contribution is -2.54. The molecular formula is C18H30N4O3. The molecule has 0 unspecified atom stereocenters. The summed E-state index contributed by atoms with van der Waals surface area (Å²) in [5.41, 5.74) is 1.76. The number of nitrogens with zero attached hydrogens (tertiary/aromatic N) is 4. The van der Waals surface area contributed by atoms with Gasteiger partial charge in [0, 0.05) is 38.4 Å². The summed E-state index contributed by atoms with van der Waals surface area (Å²) in [6.45, 7) is 12.0. The normalized spacial score (nSPS) is 19.8. The van der Waals surface area contributed by atoms with E-state index in [2.05, 4.69) is 28.7 Å². The molecule has 2 heterocycles. The number of ether oxygens (including phenoxy) is 2. The maximum atomic E-state index is 11.7. The highest BCUT2D eigenvalue weighted by molar-refractivity contribution is 5.76. The molecule has 7 nitrogen and oxygen atoms in total. The number of likely N-dealkylation sites (N-methyl/N-ethyl adjacent to an activating group) is 1. The smallest absolute Gasteiger partial charge is 0.248 e. The minimum absolute atomic E-state index is 0.0511. The summed E-state index contributed by atoms with van der Waals surface area (Å²) in [7, 11) is 3.44. The number of carbonyl (C=O) groups excluding carboxylic acids is 1. The van der Waals surface area contributed by atoms with E-state index in [1.54, 1.807) is 14.1 Å². The molecule has 1 amide bonds. The Balaban J connectivity index is 2.09. The van der Waals surface area contributed by atoms with Gasteiger partial charge >= 0.3 is 0 Å². The lowest BCUT2D eigenvalue weighted by atomic mass is 10.0. The molecule has 7 heteroatoms. The number of hydrogen-bond acceptors (Lipinski definition) is 6. The molecule has 1 aromatic heterocycles. The molecule has 140 valence electrons. The van der Waals surface area contributed by atoms with Crippen LogP contribution in [0.25, 0.3) is 0 Å². The molecule has 0 aliphatic carbocycles. The van der Waals surface area contributed by atoms with Crippen LogP contribution in [0.2, 0.25) is 0 Å². The molecule has 25 heavy (non-hydrogen) atoms. The van der Waals surface area contributed by atoms with Gasteiger partial charge in [-0.15, -0.1) is 0 Å². The third kappa shape index (κ3) is 5.12. The lowest BCUT2D eigenvalue weighted by Gasteiger charge is -2.43. The summed E-state index contributed by atoms with van der Waals surface area (Å²) in [6, 6.07) is 0. The van der Waals surface area contributed by atoms with E-state index < -0.39 is 0 Å². The van der Waals surface area contributed by atoms with Crippen LogP contribution < -0.4 is 4.90 Å². The minimum atomic E-state index is -0.322. The standard InChI is InChI=1S/C18H30N4O3/c1-12-13(2)19-14(3)20-17(12)22-8-15(25-18(4,5)11-22)9-24-10-16(23)21(6)7/h15H,8-11H2,1-7H3/t15-/m1/s1. The van der Waals surface area contributed by atoms with Crippen molar-refractivity contribution in [3.8, 4) is 0 Å². The highest BCUT2D eigenvalue weighted by atomic mass is 16.5. The van der Waals surface area contributed by atoms with Crippen molar-refractivity contribution in [3.63, 3.8) is 0 Å². The number of aromatic nitrogens is 2. The van der Waals surface area contributed by atoms with E-state index in [4.69, 9.17) is 9.47 Å². The van der Waals surface area contributed by atoms with Gasteiger partial charge in [0.2, 0.25) is 5.91 Å². The summed E-state index contributed by atoms with van der Waals surface area (Å²) >= 11 is 0. The molecule has 0 spiro atoms. The van der Waals surface area contributed by atoms with E-state index in [1.807, 2.05) is 20.8 Å². The van der Waals surface area contributed by atoms with Gasteiger partial charge < -0.3 is 19.3 Å². The molecule has 1 aliphatic rings. The molecule has 0 aromatic carbocycles. The Morgan fingerprint density at radius 3 is 2.64 bits per heavy atom. The third-order valence-electron chi connectivity index (χ3n) is 4.28. The number of carbonyl (C=O) groups is 1. The fourth-order valence-electron chi connectivity index (χ4n) is 3.01. The molecule has 2 rings (SSSR count). The molecule has 1 atom stereocenters. The summed E-state index contributed by atoms with van der Waals surface area (Å²) in [5.74, 6) is 1.67. The molecule has 0 N–H and O–H groups in total. The second kappa shape index (κ2) is 7.66. The zero-order chi connectivity index (χ0) is 18.8. The Kier molecular flexibility index (Phi) is 6.00. The van der Waals surface area contributed by atoms with Crippen molar-refractivity contribution in [1.29, 1.82) is 0 Å². The Morgan fingerprint density at radius 1 is 1.32 bits per heavy atom. The molecule has 0 saturated carbocycles. The first kappa shape index (κ1) is 19.6. The summed E-state index contributed by atoms with van der Waals surface area (Å²) in [4.78, 5) is 24.5. The fraction of sp³-hybridized carbons (Fsp3) is 0.722. The molecular weight excluding hydrogens is 320 g/mol. The van der Waals surface area contributed by atoms with Crippen molar-refractivity contribution in [2.45, 2.75) is 46.3 Å². The highest BCUT2D eigenvalue weighted by Gasteiger charge is 2.35. The van der Waals surface area contributed by atoms with Crippen molar-refractivity contribution in [2.24, 2.45) is 0 Å². The second-order valence-electron chi connectivity index (χ2n) is 7.49. The first-order valence-electron chi connectivity index (χ1n) is 8.61. The van der Waals surface area contributed by atoms with Crippen molar-refractivity contribution < 1.29 is 14.3 Å². The van der Waals surface area contributed by atoms with Crippen LogP contribution in [0.4, 0.5) is 5.82 Å².